The number of carbonyl (C=O) groups excluding carboxylic acids is 1. The fraction of sp³-hybridized carbons (Fsp3) is 0.333. The third-order valence-electron chi connectivity index (χ3n) is 3.89. The highest BCUT2D eigenvalue weighted by atomic mass is 16.5. The predicted molar refractivity (Wildman–Crippen MR) is 79.5 cm³/mol. The molecule has 0 atom stereocenters. The molecular weight excluding hydrogens is 268 g/mol. The highest BCUT2D eigenvalue weighted by Gasteiger charge is 2.26. The Morgan fingerprint density at radius 3 is 2.95 bits per heavy atom. The van der Waals surface area contributed by atoms with Gasteiger partial charge in [-0.1, -0.05) is 6.07 Å². The van der Waals surface area contributed by atoms with Crippen molar-refractivity contribution in [2.75, 3.05) is 18.6 Å². The second-order valence-corrected chi connectivity index (χ2v) is 5.13. The van der Waals surface area contributed by atoms with Crippen molar-refractivity contribution in [2.24, 2.45) is 12.8 Å². The fourth-order valence-corrected chi connectivity index (χ4v) is 2.82. The van der Waals surface area contributed by atoms with Crippen LogP contribution in [0.4, 0.5) is 5.69 Å². The Balaban J connectivity index is 1.95. The summed E-state index contributed by atoms with van der Waals surface area (Å²) in [4.78, 5) is 13.7. The monoisotopic (exact) mass is 286 g/mol. The van der Waals surface area contributed by atoms with Gasteiger partial charge in [0.25, 0.3) is 5.91 Å². The van der Waals surface area contributed by atoms with Crippen LogP contribution in [-0.2, 0) is 20.0 Å². The van der Waals surface area contributed by atoms with Gasteiger partial charge < -0.3 is 15.4 Å². The lowest BCUT2D eigenvalue weighted by molar-refractivity contribution is 0.0994. The van der Waals surface area contributed by atoms with Crippen molar-refractivity contribution < 1.29 is 9.53 Å². The minimum Gasteiger partial charge on any atom is -0.497 e. The summed E-state index contributed by atoms with van der Waals surface area (Å²) in [6, 6.07) is 7.90. The molecule has 21 heavy (non-hydrogen) atoms. The molecule has 0 aliphatic carbocycles. The topological polar surface area (TPSA) is 73.4 Å². The molecule has 0 bridgehead atoms. The Kier molecular flexibility index (Phi) is 3.29. The van der Waals surface area contributed by atoms with Crippen molar-refractivity contribution in [1.29, 1.82) is 0 Å². The van der Waals surface area contributed by atoms with Crippen LogP contribution < -0.4 is 15.4 Å². The summed E-state index contributed by atoms with van der Waals surface area (Å²) in [6.07, 6.45) is 0.837. The van der Waals surface area contributed by atoms with Crippen LogP contribution >= 0.6 is 0 Å². The summed E-state index contributed by atoms with van der Waals surface area (Å²) in [5.74, 6) is 0.346. The minimum absolute atomic E-state index is 0.375. The highest BCUT2D eigenvalue weighted by Crippen LogP contribution is 2.28. The first-order valence-electron chi connectivity index (χ1n) is 6.83. The Morgan fingerprint density at radius 2 is 2.24 bits per heavy atom. The molecular formula is C15H18N4O2. The van der Waals surface area contributed by atoms with E-state index >= 15 is 0 Å². The third kappa shape index (κ3) is 2.33. The molecule has 1 amide bonds. The quantitative estimate of drug-likeness (QED) is 0.916. The molecule has 0 radical (unpaired) electrons. The number of primary amides is 1. The van der Waals surface area contributed by atoms with E-state index in [-0.39, 0.29) is 0 Å². The van der Waals surface area contributed by atoms with E-state index in [0.717, 1.165) is 35.7 Å². The first-order valence-corrected chi connectivity index (χ1v) is 6.83. The lowest BCUT2D eigenvalue weighted by atomic mass is 10.0. The second-order valence-electron chi connectivity index (χ2n) is 5.13. The van der Waals surface area contributed by atoms with Crippen LogP contribution in [0.5, 0.6) is 5.75 Å². The number of anilines is 1. The number of aryl methyl sites for hydroxylation is 1. The molecule has 6 heteroatoms. The van der Waals surface area contributed by atoms with Gasteiger partial charge in [0.1, 0.15) is 5.75 Å². The molecule has 110 valence electrons. The Morgan fingerprint density at radius 1 is 1.43 bits per heavy atom. The van der Waals surface area contributed by atoms with Crippen molar-refractivity contribution in [3.05, 3.63) is 41.2 Å². The van der Waals surface area contributed by atoms with Gasteiger partial charge in [0.15, 0.2) is 5.69 Å². The summed E-state index contributed by atoms with van der Waals surface area (Å²) in [5, 5.41) is 4.24. The van der Waals surface area contributed by atoms with Gasteiger partial charge in [-0.15, -0.1) is 0 Å². The number of methoxy groups -OCH3 is 1. The summed E-state index contributed by atoms with van der Waals surface area (Å²) in [7, 11) is 3.51. The van der Waals surface area contributed by atoms with Gasteiger partial charge in [-0.05, 0) is 12.1 Å². The summed E-state index contributed by atoms with van der Waals surface area (Å²) < 4.78 is 7.03. The zero-order chi connectivity index (χ0) is 15.0. The standard InChI is InChI=1S/C15H18N4O2/c1-18-13-6-7-19(9-12(13)14(17-18)15(16)20)10-4-3-5-11(8-10)21-2/h3-5,8H,6-7,9H2,1-2H3,(H2,16,20). The van der Waals surface area contributed by atoms with Crippen molar-refractivity contribution in [1.82, 2.24) is 9.78 Å². The Hall–Kier alpha value is -2.50. The number of amides is 1. The number of benzene rings is 1. The molecule has 1 aliphatic heterocycles. The van der Waals surface area contributed by atoms with Gasteiger partial charge in [0, 0.05) is 49.6 Å². The minimum atomic E-state index is -0.473. The average molecular weight is 286 g/mol. The maximum atomic E-state index is 11.5. The van der Waals surface area contributed by atoms with Gasteiger partial charge in [0.2, 0.25) is 0 Å². The molecule has 0 saturated carbocycles. The molecule has 1 aromatic carbocycles. The van der Waals surface area contributed by atoms with E-state index in [2.05, 4.69) is 10.00 Å². The van der Waals surface area contributed by atoms with Crippen molar-refractivity contribution in [3.8, 4) is 5.75 Å². The molecule has 1 aromatic heterocycles. The van der Waals surface area contributed by atoms with E-state index in [1.165, 1.54) is 0 Å². The van der Waals surface area contributed by atoms with Crippen molar-refractivity contribution in [2.45, 2.75) is 13.0 Å². The van der Waals surface area contributed by atoms with Gasteiger partial charge in [-0.2, -0.15) is 5.10 Å². The zero-order valence-electron chi connectivity index (χ0n) is 12.2. The second kappa shape index (κ2) is 5.12. The number of nitrogens with two attached hydrogens (primary N) is 1. The van der Waals surface area contributed by atoms with Crippen LogP contribution in [0.15, 0.2) is 24.3 Å². The number of nitrogens with zero attached hydrogens (tertiary/aromatic N) is 3. The lowest BCUT2D eigenvalue weighted by Gasteiger charge is -2.29. The number of hydrogen-bond acceptors (Lipinski definition) is 4. The van der Waals surface area contributed by atoms with E-state index < -0.39 is 5.91 Å². The number of carbonyl (C=O) groups is 1. The van der Waals surface area contributed by atoms with Crippen molar-refractivity contribution in [3.63, 3.8) is 0 Å². The molecule has 3 rings (SSSR count). The summed E-state index contributed by atoms with van der Waals surface area (Å²) in [6.45, 7) is 1.51. The van der Waals surface area contributed by atoms with Crippen LogP contribution in [0.1, 0.15) is 21.7 Å². The first-order chi connectivity index (χ1) is 10.1. The molecule has 0 saturated heterocycles. The number of rotatable bonds is 3. The molecule has 2 heterocycles. The molecule has 2 N–H and O–H groups in total. The van der Waals surface area contributed by atoms with Crippen molar-refractivity contribution >= 4 is 11.6 Å². The average Bonchev–Trinajstić information content (AvgIpc) is 2.84. The van der Waals surface area contributed by atoms with Crippen LogP contribution in [-0.4, -0.2) is 29.3 Å². The molecule has 0 unspecified atom stereocenters. The Bertz CT molecular complexity index is 693. The summed E-state index contributed by atoms with van der Waals surface area (Å²) >= 11 is 0. The van der Waals surface area contributed by atoms with Gasteiger partial charge >= 0.3 is 0 Å². The predicted octanol–water partition coefficient (Wildman–Crippen LogP) is 1.09. The first kappa shape index (κ1) is 13.5. The van der Waals surface area contributed by atoms with Crippen LogP contribution in [0.25, 0.3) is 0 Å². The molecule has 2 aromatic rings. The summed E-state index contributed by atoms with van der Waals surface area (Å²) in [5.41, 5.74) is 8.89. The zero-order valence-corrected chi connectivity index (χ0v) is 12.2. The van der Waals surface area contributed by atoms with E-state index in [1.807, 2.05) is 31.3 Å². The van der Waals surface area contributed by atoms with E-state index in [4.69, 9.17) is 10.5 Å². The lowest BCUT2D eigenvalue weighted by Crippen LogP contribution is -2.31. The van der Waals surface area contributed by atoms with Gasteiger partial charge in [0.05, 0.1) is 7.11 Å². The number of hydrogen-bond donors (Lipinski definition) is 1. The molecule has 6 nitrogen and oxygen atoms in total. The normalized spacial score (nSPS) is 13.9. The highest BCUT2D eigenvalue weighted by molar-refractivity contribution is 5.92. The number of ether oxygens (including phenoxy) is 1. The van der Waals surface area contributed by atoms with Crippen LogP contribution in [0.3, 0.4) is 0 Å². The van der Waals surface area contributed by atoms with Crippen LogP contribution in [0, 0.1) is 0 Å². The maximum absolute atomic E-state index is 11.5. The van der Waals surface area contributed by atoms with E-state index in [9.17, 15) is 4.79 Å². The SMILES string of the molecule is COc1cccc(N2CCc3c(c(C(N)=O)nn3C)C2)c1. The van der Waals surface area contributed by atoms with E-state index in [1.54, 1.807) is 11.8 Å². The van der Waals surface area contributed by atoms with Crippen LogP contribution in [0.2, 0.25) is 0 Å². The Labute approximate surface area is 123 Å². The smallest absolute Gasteiger partial charge is 0.269 e. The van der Waals surface area contributed by atoms with Gasteiger partial charge in [-0.25, -0.2) is 0 Å². The largest absolute Gasteiger partial charge is 0.497 e. The maximum Gasteiger partial charge on any atom is 0.269 e. The van der Waals surface area contributed by atoms with Gasteiger partial charge in [-0.3, -0.25) is 9.48 Å². The number of fused-ring (bicyclic) bond motifs is 1. The molecule has 0 fully saturated rings. The fourth-order valence-electron chi connectivity index (χ4n) is 2.82. The van der Waals surface area contributed by atoms with E-state index in [0.29, 0.717) is 12.2 Å². The third-order valence-corrected chi connectivity index (χ3v) is 3.89. The molecule has 0 spiro atoms. The number of aromatic nitrogens is 2. The molecule has 1 aliphatic rings.